The van der Waals surface area contributed by atoms with Crippen molar-refractivity contribution in [3.05, 3.63) is 40.3 Å². The minimum absolute atomic E-state index is 0.707. The molecule has 0 spiro atoms. The predicted octanol–water partition coefficient (Wildman–Crippen LogP) is 1.87. The normalized spacial score (nSPS) is 30.9. The summed E-state index contributed by atoms with van der Waals surface area (Å²) < 4.78 is 18.0. The van der Waals surface area contributed by atoms with E-state index in [2.05, 4.69) is 47.1 Å². The van der Waals surface area contributed by atoms with E-state index in [0.29, 0.717) is 19.8 Å². The molecule has 0 radical (unpaired) electrons. The van der Waals surface area contributed by atoms with Crippen molar-refractivity contribution in [2.75, 3.05) is 39.5 Å². The van der Waals surface area contributed by atoms with Crippen LogP contribution in [-0.2, 0) is 11.3 Å². The second kappa shape index (κ2) is 6.41. The molecule has 108 valence electrons. The molecule has 0 unspecified atom stereocenters. The van der Waals surface area contributed by atoms with E-state index in [-0.39, 0.29) is 0 Å². The SMILES string of the molecule is Cc1ccc(/C=[CH]\[Ge]23[O]CCN(CC[O]2)CC[O]3)cc1. The Bertz CT molecular complexity index is 448. The first-order valence-corrected chi connectivity index (χ1v) is 10.9. The van der Waals surface area contributed by atoms with E-state index in [1.807, 2.05) is 0 Å². The average Bonchev–Trinajstić information content (AvgIpc) is 2.38. The molecule has 0 saturated carbocycles. The Morgan fingerprint density at radius 3 is 2.05 bits per heavy atom. The molecule has 3 aliphatic rings. The summed E-state index contributed by atoms with van der Waals surface area (Å²) in [6.45, 7) is 7.16. The van der Waals surface area contributed by atoms with Gasteiger partial charge in [0.05, 0.1) is 0 Å². The van der Waals surface area contributed by atoms with Crippen molar-refractivity contribution < 1.29 is 11.3 Å². The molecule has 0 N–H and O–H groups in total. The van der Waals surface area contributed by atoms with Gasteiger partial charge in [-0.2, -0.15) is 0 Å². The van der Waals surface area contributed by atoms with E-state index in [0.717, 1.165) is 25.2 Å². The van der Waals surface area contributed by atoms with Gasteiger partial charge in [0.15, 0.2) is 0 Å². The first-order valence-electron chi connectivity index (χ1n) is 7.16. The van der Waals surface area contributed by atoms with Gasteiger partial charge in [-0.25, -0.2) is 0 Å². The Kier molecular flexibility index (Phi) is 4.58. The third-order valence-electron chi connectivity index (χ3n) is 3.69. The van der Waals surface area contributed by atoms with Crippen molar-refractivity contribution in [1.82, 2.24) is 4.90 Å². The van der Waals surface area contributed by atoms with Crippen LogP contribution in [0.4, 0.5) is 0 Å². The van der Waals surface area contributed by atoms with E-state index in [1.54, 1.807) is 0 Å². The Hall–Kier alpha value is -0.657. The van der Waals surface area contributed by atoms with Gasteiger partial charge in [-0.05, 0) is 0 Å². The monoisotopic (exact) mass is 337 g/mol. The zero-order valence-electron chi connectivity index (χ0n) is 11.9. The zero-order chi connectivity index (χ0) is 13.8. The summed E-state index contributed by atoms with van der Waals surface area (Å²) in [7, 11) is 0. The van der Waals surface area contributed by atoms with Crippen LogP contribution in [0.25, 0.3) is 6.08 Å². The fourth-order valence-corrected chi connectivity index (χ4v) is 6.76. The maximum atomic E-state index is 6.00. The third kappa shape index (κ3) is 3.51. The Labute approximate surface area is 123 Å². The van der Waals surface area contributed by atoms with Gasteiger partial charge in [-0.1, -0.05) is 0 Å². The molecule has 0 aliphatic carbocycles. The van der Waals surface area contributed by atoms with Gasteiger partial charge in [0.25, 0.3) is 0 Å². The molecule has 3 fully saturated rings. The Balaban J connectivity index is 1.76. The number of nitrogens with zero attached hydrogens (tertiary/aromatic N) is 1. The van der Waals surface area contributed by atoms with Crippen molar-refractivity contribution in [3.8, 4) is 0 Å². The summed E-state index contributed by atoms with van der Waals surface area (Å²) >= 11 is -3.20. The summed E-state index contributed by atoms with van der Waals surface area (Å²) in [6, 6.07) is 8.44. The molecule has 20 heavy (non-hydrogen) atoms. The molecule has 3 saturated heterocycles. The molecule has 3 aliphatic heterocycles. The van der Waals surface area contributed by atoms with E-state index in [4.69, 9.17) is 11.3 Å². The van der Waals surface area contributed by atoms with E-state index >= 15 is 0 Å². The van der Waals surface area contributed by atoms with E-state index in [1.165, 1.54) is 5.56 Å². The van der Waals surface area contributed by atoms with Crippen molar-refractivity contribution in [2.24, 2.45) is 0 Å². The Morgan fingerprint density at radius 2 is 1.50 bits per heavy atom. The summed E-state index contributed by atoms with van der Waals surface area (Å²) in [5.41, 5.74) is 2.43. The van der Waals surface area contributed by atoms with Gasteiger partial charge in [-0.3, -0.25) is 0 Å². The number of hydrogen-bond acceptors (Lipinski definition) is 4. The van der Waals surface area contributed by atoms with Crippen molar-refractivity contribution in [1.29, 1.82) is 0 Å². The maximum absolute atomic E-state index is 6.00. The molecule has 2 bridgehead atoms. The number of benzene rings is 1. The molecule has 1 aromatic carbocycles. The van der Waals surface area contributed by atoms with Crippen LogP contribution in [0.15, 0.2) is 29.2 Å². The van der Waals surface area contributed by atoms with Crippen LogP contribution in [0.1, 0.15) is 11.1 Å². The number of aryl methyl sites for hydroxylation is 1. The van der Waals surface area contributed by atoms with Crippen molar-refractivity contribution in [3.63, 3.8) is 0 Å². The summed E-state index contributed by atoms with van der Waals surface area (Å²) in [6.07, 6.45) is 2.08. The molecular weight excluding hydrogens is 315 g/mol. The van der Waals surface area contributed by atoms with Crippen LogP contribution in [0.2, 0.25) is 0 Å². The summed E-state index contributed by atoms with van der Waals surface area (Å²) in [5, 5.41) is 0. The van der Waals surface area contributed by atoms with E-state index < -0.39 is 14.3 Å². The van der Waals surface area contributed by atoms with Crippen LogP contribution < -0.4 is 0 Å². The first kappa shape index (κ1) is 14.3. The van der Waals surface area contributed by atoms with Gasteiger partial charge in [0.2, 0.25) is 0 Å². The van der Waals surface area contributed by atoms with Gasteiger partial charge in [0, 0.05) is 0 Å². The van der Waals surface area contributed by atoms with Crippen LogP contribution in [-0.4, -0.2) is 58.6 Å². The minimum atomic E-state index is -3.20. The van der Waals surface area contributed by atoms with Gasteiger partial charge in [0.1, 0.15) is 0 Å². The summed E-state index contributed by atoms with van der Waals surface area (Å²) in [4.78, 5) is 4.40. The molecule has 5 heteroatoms. The number of rotatable bonds is 2. The fraction of sp³-hybridized carbons (Fsp3) is 0.467. The molecular formula is C15H21GeNO3. The number of fused-ring (bicyclic) bond motifs is 6. The van der Waals surface area contributed by atoms with Crippen molar-refractivity contribution >= 4 is 20.4 Å². The van der Waals surface area contributed by atoms with Crippen LogP contribution in [0.3, 0.4) is 0 Å². The second-order valence-corrected chi connectivity index (χ2v) is 10.3. The van der Waals surface area contributed by atoms with Crippen molar-refractivity contribution in [2.45, 2.75) is 6.92 Å². The van der Waals surface area contributed by atoms with Crippen LogP contribution in [0.5, 0.6) is 0 Å². The van der Waals surface area contributed by atoms with Gasteiger partial charge < -0.3 is 0 Å². The fourth-order valence-electron chi connectivity index (χ4n) is 2.43. The Morgan fingerprint density at radius 1 is 0.950 bits per heavy atom. The number of hydrogen-bond donors (Lipinski definition) is 0. The molecule has 1 aromatic rings. The molecule has 0 aromatic heterocycles. The molecule has 4 rings (SSSR count). The molecule has 3 heterocycles. The standard InChI is InChI=1S/C15H21GeNO3/c1-14-2-4-15(5-3-14)6-7-16-18-11-8-17(9-12-19-16)10-13-20-16/h2-7H,8-13H2,1H3/b7-6-. The van der Waals surface area contributed by atoms with Gasteiger partial charge in [-0.15, -0.1) is 0 Å². The zero-order valence-corrected chi connectivity index (χ0v) is 14.0. The van der Waals surface area contributed by atoms with Gasteiger partial charge >= 0.3 is 123 Å². The topological polar surface area (TPSA) is 30.9 Å². The average molecular weight is 336 g/mol. The van der Waals surface area contributed by atoms with Crippen LogP contribution in [0, 0.1) is 6.92 Å². The summed E-state index contributed by atoms with van der Waals surface area (Å²) in [5.74, 6) is 0. The first-order chi connectivity index (χ1) is 9.76. The van der Waals surface area contributed by atoms with Crippen LogP contribution >= 0.6 is 0 Å². The quantitative estimate of drug-likeness (QED) is 0.772. The molecule has 0 atom stereocenters. The molecule has 4 nitrogen and oxygen atoms in total. The second-order valence-electron chi connectivity index (χ2n) is 5.23. The predicted molar refractivity (Wildman–Crippen MR) is 80.3 cm³/mol. The molecule has 0 amide bonds. The van der Waals surface area contributed by atoms with E-state index in [9.17, 15) is 0 Å². The third-order valence-corrected chi connectivity index (χ3v) is 8.71.